The number of aryl methyl sites for hydroxylation is 1. The lowest BCUT2D eigenvalue weighted by molar-refractivity contribution is 0.166. The monoisotopic (exact) mass is 544 g/mol. The minimum Gasteiger partial charge on any atom is -0.494 e. The van der Waals surface area contributed by atoms with Crippen LogP contribution in [0.1, 0.15) is 30.2 Å². The summed E-state index contributed by atoms with van der Waals surface area (Å²) in [5, 5.41) is 18.3. The van der Waals surface area contributed by atoms with Gasteiger partial charge < -0.3 is 14.6 Å². The van der Waals surface area contributed by atoms with Crippen molar-refractivity contribution in [2.75, 3.05) is 14.2 Å². The van der Waals surface area contributed by atoms with Crippen LogP contribution in [0.25, 0.3) is 17.1 Å². The molecule has 0 spiro atoms. The Bertz CT molecular complexity index is 1490. The SMILES string of the molecule is COc1cccc(OC)c1-n1c(CS(=O)(=O)[C@H](C)[C@@H](O)c2ncc(Cl)cn2)nnc1-c1cncc(C)c1. The van der Waals surface area contributed by atoms with Gasteiger partial charge in [0.15, 0.2) is 27.3 Å². The minimum atomic E-state index is -4.00. The fourth-order valence-corrected chi connectivity index (χ4v) is 5.18. The first-order valence-corrected chi connectivity index (χ1v) is 13.2. The zero-order chi connectivity index (χ0) is 26.7. The average Bonchev–Trinajstić information content (AvgIpc) is 3.29. The number of ether oxygens (including phenoxy) is 2. The van der Waals surface area contributed by atoms with Crippen LogP contribution >= 0.6 is 11.6 Å². The van der Waals surface area contributed by atoms with Crippen LogP contribution in [-0.2, 0) is 15.6 Å². The van der Waals surface area contributed by atoms with E-state index in [0.29, 0.717) is 28.6 Å². The smallest absolute Gasteiger partial charge is 0.170 e. The van der Waals surface area contributed by atoms with E-state index in [0.717, 1.165) is 5.56 Å². The molecule has 3 heterocycles. The number of aromatic nitrogens is 6. The summed E-state index contributed by atoms with van der Waals surface area (Å²) in [5.74, 6) is 0.671. The van der Waals surface area contributed by atoms with Crippen molar-refractivity contribution in [1.29, 1.82) is 0 Å². The molecule has 0 amide bonds. The van der Waals surface area contributed by atoms with Gasteiger partial charge in [0.05, 0.1) is 24.5 Å². The van der Waals surface area contributed by atoms with Gasteiger partial charge in [0, 0.05) is 30.4 Å². The summed E-state index contributed by atoms with van der Waals surface area (Å²) in [6.45, 7) is 3.27. The topological polar surface area (TPSA) is 142 Å². The molecular formula is C24H25ClN6O5S. The molecule has 0 aliphatic heterocycles. The average molecular weight is 545 g/mol. The summed E-state index contributed by atoms with van der Waals surface area (Å²) in [5.41, 5.74) is 1.92. The van der Waals surface area contributed by atoms with Crippen LogP contribution in [0.3, 0.4) is 0 Å². The zero-order valence-electron chi connectivity index (χ0n) is 20.5. The standard InChI is InChI=1S/C24H25ClN6O5S/c1-14-8-16(10-26-9-14)24-30-29-20(31(24)21-18(35-3)6-5-7-19(21)36-4)13-37(33,34)15(2)22(32)23-27-11-17(25)12-28-23/h5-12,15,22,32H,13H2,1-4H3/t15-,22-/m1/s1. The van der Waals surface area contributed by atoms with Gasteiger partial charge in [-0.3, -0.25) is 9.55 Å². The Morgan fingerprint density at radius 2 is 1.70 bits per heavy atom. The van der Waals surface area contributed by atoms with Gasteiger partial charge in [-0.15, -0.1) is 10.2 Å². The molecular weight excluding hydrogens is 520 g/mol. The van der Waals surface area contributed by atoms with Gasteiger partial charge in [0.2, 0.25) is 0 Å². The molecule has 4 aromatic rings. The fraction of sp³-hybridized carbons (Fsp3) is 0.292. The van der Waals surface area contributed by atoms with Crippen molar-refractivity contribution in [2.24, 2.45) is 0 Å². The molecule has 0 aliphatic carbocycles. The van der Waals surface area contributed by atoms with Gasteiger partial charge in [-0.2, -0.15) is 0 Å². The van der Waals surface area contributed by atoms with Gasteiger partial charge in [0.1, 0.15) is 29.0 Å². The normalized spacial score (nSPS) is 13.2. The molecule has 194 valence electrons. The highest BCUT2D eigenvalue weighted by Gasteiger charge is 2.34. The predicted molar refractivity (Wildman–Crippen MR) is 137 cm³/mol. The second kappa shape index (κ2) is 10.8. The number of nitrogens with zero attached hydrogens (tertiary/aromatic N) is 6. The number of pyridine rings is 1. The first kappa shape index (κ1) is 26.5. The molecule has 0 unspecified atom stereocenters. The van der Waals surface area contributed by atoms with Gasteiger partial charge in [-0.05, 0) is 37.6 Å². The van der Waals surface area contributed by atoms with Crippen molar-refractivity contribution in [3.8, 4) is 28.6 Å². The van der Waals surface area contributed by atoms with Crippen LogP contribution in [0.2, 0.25) is 5.02 Å². The van der Waals surface area contributed by atoms with Gasteiger partial charge >= 0.3 is 0 Å². The van der Waals surface area contributed by atoms with Crippen molar-refractivity contribution in [3.63, 3.8) is 0 Å². The first-order chi connectivity index (χ1) is 17.7. The molecule has 0 fully saturated rings. The summed E-state index contributed by atoms with van der Waals surface area (Å²) in [4.78, 5) is 12.1. The molecule has 3 aromatic heterocycles. The quantitative estimate of drug-likeness (QED) is 0.334. The summed E-state index contributed by atoms with van der Waals surface area (Å²) < 4.78 is 39.7. The molecule has 0 aliphatic rings. The van der Waals surface area contributed by atoms with Crippen molar-refractivity contribution in [3.05, 3.63) is 71.3 Å². The van der Waals surface area contributed by atoms with E-state index in [9.17, 15) is 13.5 Å². The van der Waals surface area contributed by atoms with E-state index in [1.165, 1.54) is 33.5 Å². The van der Waals surface area contributed by atoms with Crippen LogP contribution in [0.5, 0.6) is 11.5 Å². The molecule has 11 nitrogen and oxygen atoms in total. The van der Waals surface area contributed by atoms with E-state index in [4.69, 9.17) is 21.1 Å². The van der Waals surface area contributed by atoms with Crippen molar-refractivity contribution < 1.29 is 23.0 Å². The maximum absolute atomic E-state index is 13.5. The van der Waals surface area contributed by atoms with E-state index < -0.39 is 26.9 Å². The maximum atomic E-state index is 13.5. The van der Waals surface area contributed by atoms with Gasteiger partial charge in [-0.25, -0.2) is 18.4 Å². The molecule has 2 atom stereocenters. The molecule has 4 rings (SSSR count). The molecule has 37 heavy (non-hydrogen) atoms. The highest BCUT2D eigenvalue weighted by molar-refractivity contribution is 7.91. The summed E-state index contributed by atoms with van der Waals surface area (Å²) in [6, 6.07) is 7.05. The third kappa shape index (κ3) is 5.41. The highest BCUT2D eigenvalue weighted by Crippen LogP contribution is 2.37. The van der Waals surface area contributed by atoms with E-state index in [1.54, 1.807) is 35.2 Å². The third-order valence-electron chi connectivity index (χ3n) is 5.73. The lowest BCUT2D eigenvalue weighted by Gasteiger charge is -2.20. The van der Waals surface area contributed by atoms with E-state index in [1.807, 2.05) is 13.0 Å². The largest absolute Gasteiger partial charge is 0.494 e. The molecule has 13 heteroatoms. The molecule has 0 saturated carbocycles. The number of aliphatic hydroxyl groups excluding tert-OH is 1. The number of aliphatic hydroxyl groups is 1. The van der Waals surface area contributed by atoms with E-state index in [-0.39, 0.29) is 16.7 Å². The van der Waals surface area contributed by atoms with Gasteiger partial charge in [-0.1, -0.05) is 17.7 Å². The second-order valence-corrected chi connectivity index (χ2v) is 11.0. The minimum absolute atomic E-state index is 0.0557. The number of hydrogen-bond acceptors (Lipinski definition) is 10. The van der Waals surface area contributed by atoms with Crippen LogP contribution in [-0.4, -0.2) is 62.7 Å². The number of methoxy groups -OCH3 is 2. The molecule has 1 N–H and O–H groups in total. The molecule has 0 bridgehead atoms. The molecule has 1 aromatic carbocycles. The number of sulfone groups is 1. The number of benzene rings is 1. The van der Waals surface area contributed by atoms with E-state index in [2.05, 4.69) is 25.1 Å². The summed E-state index contributed by atoms with van der Waals surface area (Å²) in [7, 11) is -1.01. The van der Waals surface area contributed by atoms with Gasteiger partial charge in [0.25, 0.3) is 0 Å². The van der Waals surface area contributed by atoms with Crippen LogP contribution < -0.4 is 9.47 Å². The summed E-state index contributed by atoms with van der Waals surface area (Å²) >= 11 is 5.81. The molecule has 0 radical (unpaired) electrons. The van der Waals surface area contributed by atoms with Crippen molar-refractivity contribution in [1.82, 2.24) is 29.7 Å². The van der Waals surface area contributed by atoms with Crippen molar-refractivity contribution >= 4 is 21.4 Å². The first-order valence-electron chi connectivity index (χ1n) is 11.1. The van der Waals surface area contributed by atoms with Crippen LogP contribution in [0, 0.1) is 6.92 Å². The highest BCUT2D eigenvalue weighted by atomic mass is 35.5. The Morgan fingerprint density at radius 1 is 1.05 bits per heavy atom. The molecule has 0 saturated heterocycles. The van der Waals surface area contributed by atoms with E-state index >= 15 is 0 Å². The second-order valence-electron chi connectivity index (χ2n) is 8.25. The maximum Gasteiger partial charge on any atom is 0.170 e. The van der Waals surface area contributed by atoms with Crippen molar-refractivity contribution in [2.45, 2.75) is 31.0 Å². The Labute approximate surface area is 219 Å². The lowest BCUT2D eigenvalue weighted by Crippen LogP contribution is -2.29. The number of para-hydroxylation sites is 1. The zero-order valence-corrected chi connectivity index (χ0v) is 22.1. The number of rotatable bonds is 9. The van der Waals surface area contributed by atoms with Crippen LogP contribution in [0.4, 0.5) is 0 Å². The third-order valence-corrected chi connectivity index (χ3v) is 7.98. The Kier molecular flexibility index (Phi) is 7.71. The number of halogens is 1. The number of hydrogen-bond donors (Lipinski definition) is 1. The Hall–Kier alpha value is -3.61. The lowest BCUT2D eigenvalue weighted by atomic mass is 10.2. The Balaban J connectivity index is 1.83. The Morgan fingerprint density at radius 3 is 2.30 bits per heavy atom. The predicted octanol–water partition coefficient (Wildman–Crippen LogP) is 3.14. The van der Waals surface area contributed by atoms with Crippen LogP contribution in [0.15, 0.2) is 49.1 Å². The summed E-state index contributed by atoms with van der Waals surface area (Å²) in [6.07, 6.45) is 4.40. The fourth-order valence-electron chi connectivity index (χ4n) is 3.75.